The zero-order chi connectivity index (χ0) is 51.9. The molecule has 0 unspecified atom stereocenters. The number of carbonyl (C=O) groups is 6. The number of amides is 6. The molecule has 2 heterocycles. The fourth-order valence-electron chi connectivity index (χ4n) is 13.1. The lowest BCUT2D eigenvalue weighted by Gasteiger charge is -2.35. The van der Waals surface area contributed by atoms with Gasteiger partial charge in [0.05, 0.1) is 24.2 Å². The predicted molar refractivity (Wildman–Crippen MR) is 288 cm³/mol. The zero-order valence-corrected chi connectivity index (χ0v) is 44.4. The summed E-state index contributed by atoms with van der Waals surface area (Å²) in [4.78, 5) is 87.1. The van der Waals surface area contributed by atoms with Crippen LogP contribution in [0.5, 0.6) is 0 Å². The topological polar surface area (TPSA) is 181 Å². The van der Waals surface area contributed by atoms with E-state index in [1.807, 2.05) is 0 Å². The number of fused-ring (bicyclic) bond motifs is 2. The predicted octanol–water partition coefficient (Wildman–Crippen LogP) is 7.34. The van der Waals surface area contributed by atoms with Crippen LogP contribution < -0.4 is 31.9 Å². The van der Waals surface area contributed by atoms with Crippen LogP contribution in [-0.4, -0.2) is 109 Å². The Labute approximate surface area is 439 Å². The Morgan fingerprint density at radius 2 is 0.838 bits per heavy atom. The molecule has 0 aromatic heterocycles. The van der Waals surface area contributed by atoms with Crippen molar-refractivity contribution in [3.8, 4) is 22.3 Å². The lowest BCUT2D eigenvalue weighted by atomic mass is 9.83. The molecule has 2 aliphatic heterocycles. The largest absolute Gasteiger partial charge is 0.347 e. The maximum atomic E-state index is 14.4. The van der Waals surface area contributed by atoms with Crippen molar-refractivity contribution in [2.24, 2.45) is 11.8 Å². The first-order valence-corrected chi connectivity index (χ1v) is 28.5. The second kappa shape index (κ2) is 24.4. The van der Waals surface area contributed by atoms with Gasteiger partial charge >= 0.3 is 0 Å². The van der Waals surface area contributed by atoms with Gasteiger partial charge in [-0.15, -0.1) is 0 Å². The Balaban J connectivity index is 0.863. The van der Waals surface area contributed by atoms with Crippen LogP contribution in [0.3, 0.4) is 0 Å². The smallest absolute Gasteiger partial charge is 0.246 e. The first kappa shape index (κ1) is 53.2. The minimum atomic E-state index is -0.638. The lowest BCUT2D eigenvalue weighted by Crippen LogP contribution is -2.58. The zero-order valence-electron chi connectivity index (χ0n) is 44.4. The molecule has 14 nitrogen and oxygen atoms in total. The third kappa shape index (κ3) is 11.9. The normalized spacial score (nSPS) is 23.9. The van der Waals surface area contributed by atoms with Crippen molar-refractivity contribution in [3.63, 3.8) is 0 Å². The third-order valence-corrected chi connectivity index (χ3v) is 17.8. The average molecular weight is 1010 g/mol. The summed E-state index contributed by atoms with van der Waals surface area (Å²) in [6.45, 7) is 4.60. The molecule has 3 aromatic rings. The molecule has 9 rings (SSSR count). The van der Waals surface area contributed by atoms with Gasteiger partial charge in [0.25, 0.3) is 0 Å². The summed E-state index contributed by atoms with van der Waals surface area (Å²) in [5.41, 5.74) is 9.00. The summed E-state index contributed by atoms with van der Waals surface area (Å²) in [5, 5.41) is 19.0. The maximum absolute atomic E-state index is 14.4. The van der Waals surface area contributed by atoms with Gasteiger partial charge in [0.15, 0.2) is 0 Å². The summed E-state index contributed by atoms with van der Waals surface area (Å²) in [7, 11) is 3.48. The number of nitrogens with zero attached hydrogens (tertiary/aromatic N) is 2. The Bertz CT molecular complexity index is 2330. The van der Waals surface area contributed by atoms with Gasteiger partial charge < -0.3 is 41.7 Å². The van der Waals surface area contributed by atoms with Crippen LogP contribution in [0.1, 0.15) is 164 Å². The molecule has 74 heavy (non-hydrogen) atoms. The van der Waals surface area contributed by atoms with Crippen LogP contribution >= 0.6 is 0 Å². The number of rotatable bonds is 16. The van der Waals surface area contributed by atoms with Gasteiger partial charge in [-0.3, -0.25) is 28.8 Å². The summed E-state index contributed by atoms with van der Waals surface area (Å²) in [6, 6.07) is 18.2. The highest BCUT2D eigenvalue weighted by Gasteiger charge is 2.44. The Morgan fingerprint density at radius 3 is 1.22 bits per heavy atom. The molecule has 2 saturated carbocycles. The fraction of sp³-hybridized carbons (Fsp3) is 0.600. The molecule has 0 bridgehead atoms. The summed E-state index contributed by atoms with van der Waals surface area (Å²) in [6.07, 6.45) is 18.1. The second-order valence-electron chi connectivity index (χ2n) is 22.5. The Hall–Kier alpha value is -5.60. The standard InChI is InChI=1S/C60H82N8O6/c1-37(61-3)55(69)65-53(43-15-7-5-8-16-43)59(73)67-33-13-23-51(67)57(71)63-49-21-11-19-41-29-31-45(35-47(41)49)39-25-27-40(28-26-39)46-32-30-42-20-12-22-50(48(42)36-46)64-58(72)52-24-14-34-68(52)60(74)54(44-17-9-6-10-18-44)66-56(70)38(2)62-4/h25-32,35-38,43-44,49-54,61-62H,5-24,33-34H2,1-4H3,(H,63,71)(H,64,72)(H,65,69)(H,66,70)/t37-,38-,49+,50+,51-,52+,53-,54-/m0/s1. The number of hydrogen-bond donors (Lipinski definition) is 6. The van der Waals surface area contributed by atoms with E-state index < -0.39 is 36.3 Å². The number of nitrogens with one attached hydrogen (secondary N) is 6. The fourth-order valence-corrected chi connectivity index (χ4v) is 13.1. The molecular formula is C60H82N8O6. The number of benzene rings is 3. The van der Waals surface area contributed by atoms with Gasteiger partial charge in [-0.25, -0.2) is 0 Å². The van der Waals surface area contributed by atoms with Crippen LogP contribution in [0.25, 0.3) is 22.3 Å². The highest BCUT2D eigenvalue weighted by atomic mass is 16.2. The molecule has 2 saturated heterocycles. The highest BCUT2D eigenvalue weighted by Crippen LogP contribution is 2.38. The molecule has 6 amide bonds. The summed E-state index contributed by atoms with van der Waals surface area (Å²) >= 11 is 0. The molecule has 4 fully saturated rings. The number of hydrogen-bond acceptors (Lipinski definition) is 8. The quantitative estimate of drug-likeness (QED) is 0.0863. The Morgan fingerprint density at radius 1 is 0.459 bits per heavy atom. The van der Waals surface area contributed by atoms with Gasteiger partial charge in [0, 0.05) is 13.1 Å². The van der Waals surface area contributed by atoms with Gasteiger partial charge in [-0.2, -0.15) is 0 Å². The summed E-state index contributed by atoms with van der Waals surface area (Å²) in [5.74, 6) is -0.773. The highest BCUT2D eigenvalue weighted by molar-refractivity contribution is 5.95. The van der Waals surface area contributed by atoms with E-state index in [2.05, 4.69) is 92.6 Å². The molecule has 8 atom stereocenters. The van der Waals surface area contributed by atoms with Crippen molar-refractivity contribution >= 4 is 35.4 Å². The number of likely N-dealkylation sites (N-methyl/N-ethyl adjacent to an activating group) is 2. The van der Waals surface area contributed by atoms with Crippen molar-refractivity contribution in [1.29, 1.82) is 0 Å². The summed E-state index contributed by atoms with van der Waals surface area (Å²) < 4.78 is 0. The minimum absolute atomic E-state index is 0.0610. The first-order chi connectivity index (χ1) is 35.9. The van der Waals surface area contributed by atoms with Gasteiger partial charge in [-0.05, 0) is 186 Å². The maximum Gasteiger partial charge on any atom is 0.246 e. The van der Waals surface area contributed by atoms with E-state index in [1.165, 1.54) is 11.1 Å². The van der Waals surface area contributed by atoms with Crippen molar-refractivity contribution in [2.45, 2.75) is 191 Å². The van der Waals surface area contributed by atoms with E-state index in [1.54, 1.807) is 37.7 Å². The van der Waals surface area contributed by atoms with Gasteiger partial charge in [0.1, 0.15) is 24.2 Å². The molecule has 14 heteroatoms. The van der Waals surface area contributed by atoms with Crippen LogP contribution in [0.4, 0.5) is 0 Å². The molecule has 0 spiro atoms. The van der Waals surface area contributed by atoms with E-state index >= 15 is 0 Å². The number of carbonyl (C=O) groups excluding carboxylic acids is 6. The van der Waals surface area contributed by atoms with E-state index in [0.717, 1.165) is 149 Å². The van der Waals surface area contributed by atoms with Gasteiger partial charge in [0.2, 0.25) is 35.4 Å². The van der Waals surface area contributed by atoms with Crippen LogP contribution in [0, 0.1) is 11.8 Å². The van der Waals surface area contributed by atoms with Crippen molar-refractivity contribution in [1.82, 2.24) is 41.7 Å². The molecule has 6 aliphatic rings. The lowest BCUT2D eigenvalue weighted by molar-refractivity contribution is -0.143. The monoisotopic (exact) mass is 1010 g/mol. The minimum Gasteiger partial charge on any atom is -0.347 e. The van der Waals surface area contributed by atoms with E-state index in [9.17, 15) is 28.8 Å². The molecule has 398 valence electrons. The van der Waals surface area contributed by atoms with E-state index in [4.69, 9.17) is 0 Å². The SMILES string of the molecule is CN[C@@H](C)C(=O)N[C@H](C(=O)N1CCC[C@@H]1C(=O)N[C@@H]1CCCc2ccc(-c3ccc(-c4ccc5c(c4)[C@H](NC(=O)[C@@H]4CCCN4C(=O)[C@@H](NC(=O)[C@H](C)NC)C4CCCCC4)CCC5)cc3)cc21)C1CCCCC1. The van der Waals surface area contributed by atoms with Crippen LogP contribution in [0.15, 0.2) is 60.7 Å². The first-order valence-electron chi connectivity index (χ1n) is 28.5. The second-order valence-corrected chi connectivity index (χ2v) is 22.5. The van der Waals surface area contributed by atoms with Crippen LogP contribution in [-0.2, 0) is 41.6 Å². The van der Waals surface area contributed by atoms with Gasteiger partial charge in [-0.1, -0.05) is 87.1 Å². The molecule has 6 N–H and O–H groups in total. The van der Waals surface area contributed by atoms with Crippen molar-refractivity contribution in [3.05, 3.63) is 82.9 Å². The van der Waals surface area contributed by atoms with E-state index in [-0.39, 0.29) is 59.4 Å². The van der Waals surface area contributed by atoms with E-state index in [0.29, 0.717) is 25.9 Å². The number of likely N-dealkylation sites (tertiary alicyclic amines) is 2. The van der Waals surface area contributed by atoms with Crippen LogP contribution in [0.2, 0.25) is 0 Å². The molecular weight excluding hydrogens is 929 g/mol. The van der Waals surface area contributed by atoms with Crippen molar-refractivity contribution < 1.29 is 28.8 Å². The average Bonchev–Trinajstić information content (AvgIpc) is 4.15. The molecule has 0 radical (unpaired) electrons. The number of aryl methyl sites for hydroxylation is 2. The Kier molecular flexibility index (Phi) is 17.5. The molecule has 3 aromatic carbocycles. The third-order valence-electron chi connectivity index (χ3n) is 17.8. The van der Waals surface area contributed by atoms with Crippen molar-refractivity contribution in [2.75, 3.05) is 27.2 Å². The molecule has 4 aliphatic carbocycles.